The molecular formula is C47H46BN2P. The predicted molar refractivity (Wildman–Crippen MR) is 222 cm³/mol. The molecule has 0 saturated heterocycles. The predicted octanol–water partition coefficient (Wildman–Crippen LogP) is 8.52. The van der Waals surface area contributed by atoms with E-state index >= 15 is 0 Å². The molecule has 2 aliphatic rings. The van der Waals surface area contributed by atoms with E-state index in [1.165, 1.54) is 83.0 Å². The van der Waals surface area contributed by atoms with Gasteiger partial charge in [0.15, 0.2) is 5.70 Å². The fraction of sp³-hybridized carbons (Fsp3) is 0.170. The lowest BCUT2D eigenvalue weighted by Crippen LogP contribution is -2.73. The van der Waals surface area contributed by atoms with Gasteiger partial charge in [-0.05, 0) is 79.8 Å². The van der Waals surface area contributed by atoms with Gasteiger partial charge in [0.05, 0.1) is 5.57 Å². The van der Waals surface area contributed by atoms with Crippen LogP contribution in [0.1, 0.15) is 62.2 Å². The quantitative estimate of drug-likeness (QED) is 0.113. The summed E-state index contributed by atoms with van der Waals surface area (Å²) in [7, 11) is -0.693. The van der Waals surface area contributed by atoms with Gasteiger partial charge in [-0.3, -0.25) is 0 Å². The lowest BCUT2D eigenvalue weighted by molar-refractivity contribution is -0.330. The monoisotopic (exact) mass is 680 g/mol. The maximum atomic E-state index is 2.77. The molecule has 8 rings (SSSR count). The molecule has 3 heterocycles. The molecule has 2 aliphatic heterocycles. The Morgan fingerprint density at radius 1 is 0.569 bits per heavy atom. The second-order valence-corrected chi connectivity index (χ2v) is 16.3. The van der Waals surface area contributed by atoms with Gasteiger partial charge in [0.1, 0.15) is 5.71 Å². The standard InChI is InChI=1S/C47H46BN2P/c1-7-43-33(3)46-45(37-29-31-42(32-30-37)51(40-25-17-11-18-26-40)41-27-19-12-20-28-41)47-34(4)44(8-2)36(6)50(47)48(49(46)35(43)5,38-21-13-9-14-22-38)39-23-15-10-16-24-39/h9-32H,7-8H2,1-6H3. The fourth-order valence-electron chi connectivity index (χ4n) is 9.52. The molecule has 0 saturated carbocycles. The van der Waals surface area contributed by atoms with E-state index in [-0.39, 0.29) is 0 Å². The number of hydrogen-bond donors (Lipinski definition) is 0. The Morgan fingerprint density at radius 3 is 1.51 bits per heavy atom. The smallest absolute Gasteiger partial charge is 0.435 e. The number of nitrogens with zero attached hydrogens (tertiary/aromatic N) is 2. The van der Waals surface area contributed by atoms with E-state index in [9.17, 15) is 0 Å². The minimum atomic E-state index is -1.63. The van der Waals surface area contributed by atoms with E-state index in [4.69, 9.17) is 0 Å². The summed E-state index contributed by atoms with van der Waals surface area (Å²) in [6.07, 6.45) is 0.349. The second kappa shape index (κ2) is 13.3. The molecule has 252 valence electrons. The highest BCUT2D eigenvalue weighted by molar-refractivity contribution is 7.79. The zero-order valence-corrected chi connectivity index (χ0v) is 31.6. The minimum absolute atomic E-state index is 0.693. The summed E-state index contributed by atoms with van der Waals surface area (Å²) in [4.78, 5) is 0. The van der Waals surface area contributed by atoms with E-state index in [1.807, 2.05) is 0 Å². The fourth-order valence-corrected chi connectivity index (χ4v) is 11.8. The number of allylic oxidation sites excluding steroid dienone is 2. The van der Waals surface area contributed by atoms with Crippen molar-refractivity contribution in [3.8, 4) is 0 Å². The van der Waals surface area contributed by atoms with Crippen molar-refractivity contribution in [2.24, 2.45) is 0 Å². The van der Waals surface area contributed by atoms with Gasteiger partial charge < -0.3 is 8.96 Å². The molecule has 2 nitrogen and oxygen atoms in total. The number of aromatic nitrogens is 1. The average Bonchev–Trinajstić information content (AvgIpc) is 3.59. The summed E-state index contributed by atoms with van der Waals surface area (Å²) in [5.41, 5.74) is 16.4. The molecule has 5 aromatic carbocycles. The van der Waals surface area contributed by atoms with Crippen LogP contribution in [0.5, 0.6) is 0 Å². The van der Waals surface area contributed by atoms with Crippen LogP contribution < -0.4 is 26.8 Å². The number of fused-ring (bicyclic) bond motifs is 2. The normalized spacial score (nSPS) is 15.1. The van der Waals surface area contributed by atoms with Crippen molar-refractivity contribution in [1.82, 2.24) is 4.48 Å². The molecule has 0 spiro atoms. The van der Waals surface area contributed by atoms with Crippen LogP contribution in [0.3, 0.4) is 0 Å². The molecule has 1 aromatic heterocycles. The Kier molecular flexibility index (Phi) is 8.65. The summed E-state index contributed by atoms with van der Waals surface area (Å²) in [6.45, 7) is 14.1. The first-order valence-electron chi connectivity index (χ1n) is 18.5. The molecule has 4 heteroatoms. The van der Waals surface area contributed by atoms with Gasteiger partial charge in [0, 0.05) is 23.8 Å². The van der Waals surface area contributed by atoms with Gasteiger partial charge in [-0.25, -0.2) is 0 Å². The molecule has 0 radical (unpaired) electrons. The van der Waals surface area contributed by atoms with Crippen LogP contribution in [0.2, 0.25) is 0 Å². The summed E-state index contributed by atoms with van der Waals surface area (Å²) < 4.78 is 5.53. The topological polar surface area (TPSA) is 7.94 Å². The molecule has 0 unspecified atom stereocenters. The zero-order chi connectivity index (χ0) is 35.3. The van der Waals surface area contributed by atoms with Crippen LogP contribution in [-0.4, -0.2) is 21.1 Å². The lowest BCUT2D eigenvalue weighted by atomic mass is 9.35. The van der Waals surface area contributed by atoms with E-state index in [1.54, 1.807) is 0 Å². The van der Waals surface area contributed by atoms with Gasteiger partial charge in [0.25, 0.3) is 0 Å². The molecule has 0 atom stereocenters. The third kappa shape index (κ3) is 5.01. The largest absolute Gasteiger partial charge is 0.450 e. The third-order valence-electron chi connectivity index (χ3n) is 11.6. The SMILES string of the molecule is CCC1=C(C)C2=C(c3ccc(P(c4ccccc4)c4ccccc4)cc3)c3c(C)c(CC)c(C)n3[B-](c3ccccc3)(c3ccccc3)[N+]2=C1C. The molecule has 0 bridgehead atoms. The summed E-state index contributed by atoms with van der Waals surface area (Å²) in [5.74, 6) is 0. The van der Waals surface area contributed by atoms with Crippen molar-refractivity contribution in [3.05, 3.63) is 191 Å². The average molecular weight is 681 g/mol. The summed E-state index contributed by atoms with van der Waals surface area (Å²) >= 11 is 0. The van der Waals surface area contributed by atoms with Gasteiger partial charge >= 0.3 is 6.42 Å². The Morgan fingerprint density at radius 2 is 1.04 bits per heavy atom. The first-order valence-corrected chi connectivity index (χ1v) is 19.8. The van der Waals surface area contributed by atoms with E-state index in [2.05, 4.69) is 196 Å². The van der Waals surface area contributed by atoms with Gasteiger partial charge in [-0.2, -0.15) is 0 Å². The molecule has 0 N–H and O–H groups in total. The van der Waals surface area contributed by atoms with Crippen molar-refractivity contribution in [3.63, 3.8) is 0 Å². The molecule has 0 amide bonds. The highest BCUT2D eigenvalue weighted by atomic mass is 31.1. The van der Waals surface area contributed by atoms with Crippen LogP contribution in [0.15, 0.2) is 162 Å². The second-order valence-electron chi connectivity index (χ2n) is 14.0. The van der Waals surface area contributed by atoms with Crippen molar-refractivity contribution in [1.29, 1.82) is 0 Å². The highest BCUT2D eigenvalue weighted by Gasteiger charge is 2.55. The Balaban J connectivity index is 1.45. The number of hydrogen-bond acceptors (Lipinski definition) is 0. The number of benzene rings is 5. The van der Waals surface area contributed by atoms with Crippen molar-refractivity contribution < 1.29 is 4.49 Å². The maximum Gasteiger partial charge on any atom is 0.435 e. The van der Waals surface area contributed by atoms with Gasteiger partial charge in [-0.15, -0.1) is 10.9 Å². The van der Waals surface area contributed by atoms with Crippen LogP contribution in [0, 0.1) is 13.8 Å². The van der Waals surface area contributed by atoms with Crippen molar-refractivity contribution >= 4 is 52.5 Å². The van der Waals surface area contributed by atoms with E-state index in [0.29, 0.717) is 0 Å². The summed E-state index contributed by atoms with van der Waals surface area (Å²) in [6, 6.07) is 54.3. The summed E-state index contributed by atoms with van der Waals surface area (Å²) in [5, 5.41) is 4.11. The molecule has 51 heavy (non-hydrogen) atoms. The molecule has 0 fully saturated rings. The van der Waals surface area contributed by atoms with Gasteiger partial charge in [-0.1, -0.05) is 159 Å². The first kappa shape index (κ1) is 33.2. The van der Waals surface area contributed by atoms with E-state index in [0.717, 1.165) is 12.8 Å². The Labute approximate surface area is 305 Å². The first-order chi connectivity index (χ1) is 24.9. The van der Waals surface area contributed by atoms with E-state index < -0.39 is 14.3 Å². The zero-order valence-electron chi connectivity index (χ0n) is 30.7. The van der Waals surface area contributed by atoms with Gasteiger partial charge in [0.2, 0.25) is 0 Å². The molecular weight excluding hydrogens is 634 g/mol. The minimum Gasteiger partial charge on any atom is -0.450 e. The van der Waals surface area contributed by atoms with Crippen molar-refractivity contribution in [2.75, 3.05) is 0 Å². The van der Waals surface area contributed by atoms with Crippen molar-refractivity contribution in [2.45, 2.75) is 54.4 Å². The Hall–Kier alpha value is -4.98. The molecule has 0 aliphatic carbocycles. The van der Waals surface area contributed by atoms with Crippen LogP contribution in [0.4, 0.5) is 0 Å². The third-order valence-corrected chi connectivity index (χ3v) is 14.0. The van der Waals surface area contributed by atoms with Crippen LogP contribution >= 0.6 is 7.92 Å². The molecule has 6 aromatic rings. The lowest BCUT2D eigenvalue weighted by Gasteiger charge is -2.46. The highest BCUT2D eigenvalue weighted by Crippen LogP contribution is 2.46. The van der Waals surface area contributed by atoms with Crippen LogP contribution in [0.25, 0.3) is 5.57 Å². The maximum absolute atomic E-state index is 2.77. The van der Waals surface area contributed by atoms with Crippen LogP contribution in [-0.2, 0) is 6.42 Å². The number of rotatable bonds is 8. The Bertz CT molecular complexity index is 2250.